The van der Waals surface area contributed by atoms with Crippen LogP contribution in [0.3, 0.4) is 0 Å². The molecule has 0 amide bonds. The second kappa shape index (κ2) is 8.48. The first-order valence-corrected chi connectivity index (χ1v) is 12.8. The van der Waals surface area contributed by atoms with Crippen LogP contribution in [0.15, 0.2) is 87.5 Å². The van der Waals surface area contributed by atoms with Gasteiger partial charge in [-0.1, -0.05) is 18.2 Å². The lowest BCUT2D eigenvalue weighted by Crippen LogP contribution is -2.15. The Balaban J connectivity index is 1.78. The average Bonchev–Trinajstić information content (AvgIpc) is 2.70. The molecule has 0 atom stereocenters. The van der Waals surface area contributed by atoms with Crippen molar-refractivity contribution in [3.63, 3.8) is 0 Å². The molecule has 3 aromatic carbocycles. The highest BCUT2D eigenvalue weighted by Crippen LogP contribution is 2.23. The molecule has 0 aliphatic carbocycles. The normalized spacial score (nSPS) is 11.8. The minimum absolute atomic E-state index is 0.0352. The van der Waals surface area contributed by atoms with Gasteiger partial charge in [0, 0.05) is 10.6 Å². The lowest BCUT2D eigenvalue weighted by Gasteiger charge is -2.12. The fourth-order valence-electron chi connectivity index (χ4n) is 2.56. The highest BCUT2D eigenvalue weighted by molar-refractivity contribution is 7.98. The van der Waals surface area contributed by atoms with Crippen LogP contribution in [-0.2, 0) is 20.0 Å². The molecule has 0 saturated heterocycles. The molecule has 0 heterocycles. The van der Waals surface area contributed by atoms with Crippen molar-refractivity contribution in [2.75, 3.05) is 15.7 Å². The van der Waals surface area contributed by atoms with Gasteiger partial charge in [0.25, 0.3) is 20.0 Å². The highest BCUT2D eigenvalue weighted by atomic mass is 32.2. The summed E-state index contributed by atoms with van der Waals surface area (Å²) in [6, 6.07) is 19.1. The summed E-state index contributed by atoms with van der Waals surface area (Å²) in [5.41, 5.74) is 1.56. The topological polar surface area (TPSA) is 92.3 Å². The first-order valence-electron chi connectivity index (χ1n) is 8.57. The lowest BCUT2D eigenvalue weighted by molar-refractivity contribution is 0.600. The molecule has 9 heteroatoms. The van der Waals surface area contributed by atoms with Gasteiger partial charge in [-0.2, -0.15) is 0 Å². The van der Waals surface area contributed by atoms with Gasteiger partial charge in [-0.3, -0.25) is 9.44 Å². The SMILES string of the molecule is CSc1ccc(S(=O)(=O)Nc2ccc(S(=O)(=O)Nc3ccccc3C)cc2)cc1. The Morgan fingerprint density at radius 1 is 0.690 bits per heavy atom. The molecule has 0 aromatic heterocycles. The molecule has 0 saturated carbocycles. The van der Waals surface area contributed by atoms with Crippen LogP contribution in [0.2, 0.25) is 0 Å². The highest BCUT2D eigenvalue weighted by Gasteiger charge is 2.17. The number of para-hydroxylation sites is 1. The Morgan fingerprint density at radius 2 is 1.21 bits per heavy atom. The summed E-state index contributed by atoms with van der Waals surface area (Å²) < 4.78 is 55.2. The van der Waals surface area contributed by atoms with Crippen molar-refractivity contribution >= 4 is 43.2 Å². The summed E-state index contributed by atoms with van der Waals surface area (Å²) in [7, 11) is -7.55. The second-order valence-electron chi connectivity index (χ2n) is 6.23. The molecule has 0 spiro atoms. The minimum Gasteiger partial charge on any atom is -0.280 e. The van der Waals surface area contributed by atoms with Crippen LogP contribution in [0.25, 0.3) is 0 Å². The number of anilines is 2. The van der Waals surface area contributed by atoms with E-state index >= 15 is 0 Å². The zero-order chi connectivity index (χ0) is 21.1. The number of benzene rings is 3. The van der Waals surface area contributed by atoms with Gasteiger partial charge in [0.2, 0.25) is 0 Å². The maximum absolute atomic E-state index is 12.6. The zero-order valence-corrected chi connectivity index (χ0v) is 18.2. The van der Waals surface area contributed by atoms with E-state index in [1.807, 2.05) is 25.3 Å². The summed E-state index contributed by atoms with van der Waals surface area (Å²) in [5.74, 6) is 0. The van der Waals surface area contributed by atoms with E-state index in [4.69, 9.17) is 0 Å². The van der Waals surface area contributed by atoms with Crippen LogP contribution >= 0.6 is 11.8 Å². The number of sulfonamides is 2. The van der Waals surface area contributed by atoms with Gasteiger partial charge >= 0.3 is 0 Å². The largest absolute Gasteiger partial charge is 0.280 e. The van der Waals surface area contributed by atoms with Crippen molar-refractivity contribution in [3.05, 3.63) is 78.4 Å². The van der Waals surface area contributed by atoms with E-state index in [0.29, 0.717) is 5.69 Å². The smallest absolute Gasteiger partial charge is 0.261 e. The number of rotatable bonds is 7. The van der Waals surface area contributed by atoms with Crippen molar-refractivity contribution in [1.82, 2.24) is 0 Å². The summed E-state index contributed by atoms with van der Waals surface area (Å²) in [6.07, 6.45) is 1.91. The second-order valence-corrected chi connectivity index (χ2v) is 10.5. The van der Waals surface area contributed by atoms with Crippen LogP contribution in [-0.4, -0.2) is 23.1 Å². The quantitative estimate of drug-likeness (QED) is 0.525. The van der Waals surface area contributed by atoms with Gasteiger partial charge in [0.05, 0.1) is 15.5 Å². The van der Waals surface area contributed by atoms with Gasteiger partial charge in [-0.05, 0) is 73.3 Å². The maximum Gasteiger partial charge on any atom is 0.261 e. The third-order valence-corrected chi connectivity index (χ3v) is 7.70. The Morgan fingerprint density at radius 3 is 1.76 bits per heavy atom. The Kier molecular flexibility index (Phi) is 6.21. The molecule has 6 nitrogen and oxygen atoms in total. The minimum atomic E-state index is -3.79. The van der Waals surface area contributed by atoms with Gasteiger partial charge in [0.15, 0.2) is 0 Å². The van der Waals surface area contributed by atoms with Crippen LogP contribution in [0.1, 0.15) is 5.56 Å². The number of nitrogens with one attached hydrogen (secondary N) is 2. The van der Waals surface area contributed by atoms with Gasteiger partial charge in [0.1, 0.15) is 0 Å². The van der Waals surface area contributed by atoms with E-state index in [0.717, 1.165) is 10.5 Å². The Labute approximate surface area is 175 Å². The fourth-order valence-corrected chi connectivity index (χ4v) is 5.16. The van der Waals surface area contributed by atoms with Crippen LogP contribution in [0, 0.1) is 6.92 Å². The van der Waals surface area contributed by atoms with Crippen molar-refractivity contribution in [1.29, 1.82) is 0 Å². The Hall–Kier alpha value is -2.49. The molecule has 152 valence electrons. The first-order chi connectivity index (χ1) is 13.7. The third-order valence-electron chi connectivity index (χ3n) is 4.18. The van der Waals surface area contributed by atoms with Gasteiger partial charge in [-0.15, -0.1) is 11.8 Å². The molecule has 3 rings (SSSR count). The van der Waals surface area contributed by atoms with E-state index in [2.05, 4.69) is 9.44 Å². The van der Waals surface area contributed by atoms with E-state index < -0.39 is 20.0 Å². The maximum atomic E-state index is 12.6. The van der Waals surface area contributed by atoms with Gasteiger partial charge < -0.3 is 0 Å². The van der Waals surface area contributed by atoms with Crippen molar-refractivity contribution in [3.8, 4) is 0 Å². The number of thioether (sulfide) groups is 1. The predicted octanol–water partition coefficient (Wildman–Crippen LogP) is 4.32. The predicted molar refractivity (Wildman–Crippen MR) is 117 cm³/mol. The Bertz CT molecular complexity index is 1210. The standard InChI is InChI=1S/C20H20N2O4S3/c1-15-5-3-4-6-20(15)22-29(25,26)18-11-7-16(8-12-18)21-28(23,24)19-13-9-17(27-2)10-14-19/h3-14,21-22H,1-2H3. The summed E-state index contributed by atoms with van der Waals surface area (Å²) >= 11 is 1.52. The molecule has 0 bridgehead atoms. The van der Waals surface area contributed by atoms with Gasteiger partial charge in [-0.25, -0.2) is 16.8 Å². The zero-order valence-electron chi connectivity index (χ0n) is 15.8. The molecule has 0 radical (unpaired) electrons. The third kappa shape index (κ3) is 5.11. The molecule has 0 fully saturated rings. The molecular weight excluding hydrogens is 428 g/mol. The monoisotopic (exact) mass is 448 g/mol. The van der Waals surface area contributed by atoms with Crippen LogP contribution in [0.5, 0.6) is 0 Å². The number of hydrogen-bond donors (Lipinski definition) is 2. The van der Waals surface area contributed by atoms with E-state index in [9.17, 15) is 16.8 Å². The van der Waals surface area contributed by atoms with E-state index in [-0.39, 0.29) is 15.5 Å². The lowest BCUT2D eigenvalue weighted by atomic mass is 10.2. The van der Waals surface area contributed by atoms with Crippen molar-refractivity contribution in [2.45, 2.75) is 21.6 Å². The first kappa shape index (κ1) is 21.2. The summed E-state index contributed by atoms with van der Waals surface area (Å²) in [5, 5.41) is 0. The molecule has 29 heavy (non-hydrogen) atoms. The van der Waals surface area contributed by atoms with Crippen molar-refractivity contribution in [2.24, 2.45) is 0 Å². The molecule has 0 aliphatic rings. The summed E-state index contributed by atoms with van der Waals surface area (Å²) in [4.78, 5) is 1.13. The van der Waals surface area contributed by atoms with Crippen LogP contribution in [0.4, 0.5) is 11.4 Å². The van der Waals surface area contributed by atoms with Crippen molar-refractivity contribution < 1.29 is 16.8 Å². The fraction of sp³-hybridized carbons (Fsp3) is 0.100. The molecule has 3 aromatic rings. The number of aryl methyl sites for hydroxylation is 1. The molecular formula is C20H20N2O4S3. The molecule has 0 aliphatic heterocycles. The van der Waals surface area contributed by atoms with E-state index in [1.54, 1.807) is 24.3 Å². The van der Waals surface area contributed by atoms with E-state index in [1.165, 1.54) is 48.2 Å². The average molecular weight is 449 g/mol. The molecule has 2 N–H and O–H groups in total. The van der Waals surface area contributed by atoms with Crippen LogP contribution < -0.4 is 9.44 Å². The summed E-state index contributed by atoms with van der Waals surface area (Å²) in [6.45, 7) is 1.81. The molecule has 0 unspecified atom stereocenters. The number of hydrogen-bond acceptors (Lipinski definition) is 5.